The second-order valence-corrected chi connectivity index (χ2v) is 4.00. The van der Waals surface area contributed by atoms with Crippen LogP contribution in [0.5, 0.6) is 0 Å². The van der Waals surface area contributed by atoms with Gasteiger partial charge in [0.15, 0.2) is 0 Å². The van der Waals surface area contributed by atoms with Crippen molar-refractivity contribution in [2.24, 2.45) is 0 Å². The Balaban J connectivity index is 2.45. The summed E-state index contributed by atoms with van der Waals surface area (Å²) < 4.78 is 5.39. The fraction of sp³-hybridized carbons (Fsp3) is 0.462. The van der Waals surface area contributed by atoms with Gasteiger partial charge < -0.3 is 20.9 Å². The molecular formula is C13H20N2O3. The van der Waals surface area contributed by atoms with Crippen LogP contribution in [-0.2, 0) is 4.74 Å². The Morgan fingerprint density at radius 2 is 2.22 bits per heavy atom. The molecule has 100 valence electrons. The second-order valence-electron chi connectivity index (χ2n) is 4.00. The molecule has 0 aliphatic heterocycles. The van der Waals surface area contributed by atoms with Crippen LogP contribution in [0.15, 0.2) is 18.2 Å². The maximum absolute atomic E-state index is 11.0. The molecule has 0 atom stereocenters. The Hall–Kier alpha value is -1.75. The molecule has 0 spiro atoms. The van der Waals surface area contributed by atoms with Crippen LogP contribution in [0.25, 0.3) is 0 Å². The van der Waals surface area contributed by atoms with E-state index in [0.29, 0.717) is 24.5 Å². The molecule has 1 rings (SSSR count). The van der Waals surface area contributed by atoms with Crippen molar-refractivity contribution in [2.75, 3.05) is 30.8 Å². The number of ether oxygens (including phenoxy) is 1. The monoisotopic (exact) mass is 252 g/mol. The van der Waals surface area contributed by atoms with Gasteiger partial charge in [-0.3, -0.25) is 0 Å². The van der Waals surface area contributed by atoms with Gasteiger partial charge in [0.1, 0.15) is 0 Å². The minimum absolute atomic E-state index is 0.220. The number of benzene rings is 1. The van der Waals surface area contributed by atoms with Gasteiger partial charge in [-0.25, -0.2) is 4.79 Å². The molecule has 1 aromatic carbocycles. The molecule has 0 heterocycles. The third kappa shape index (κ3) is 4.63. The molecule has 0 bridgehead atoms. The van der Waals surface area contributed by atoms with Crippen molar-refractivity contribution < 1.29 is 14.6 Å². The van der Waals surface area contributed by atoms with E-state index in [2.05, 4.69) is 12.2 Å². The van der Waals surface area contributed by atoms with Gasteiger partial charge in [0.25, 0.3) is 0 Å². The number of nitrogens with two attached hydrogens (primary N) is 1. The van der Waals surface area contributed by atoms with Gasteiger partial charge in [0, 0.05) is 18.8 Å². The number of anilines is 2. The van der Waals surface area contributed by atoms with E-state index in [1.165, 1.54) is 6.07 Å². The maximum atomic E-state index is 11.0. The molecule has 0 unspecified atom stereocenters. The largest absolute Gasteiger partial charge is 0.478 e. The average molecular weight is 252 g/mol. The molecule has 18 heavy (non-hydrogen) atoms. The third-order valence-electron chi connectivity index (χ3n) is 2.48. The standard InChI is InChI=1S/C13H20N2O3/c1-2-3-7-18-8-6-15-12-9-10(14)4-5-11(12)13(16)17/h4-5,9,15H,2-3,6-8,14H2,1H3,(H,16,17). The first-order chi connectivity index (χ1) is 8.65. The second kappa shape index (κ2) is 7.55. The zero-order valence-electron chi connectivity index (χ0n) is 10.6. The van der Waals surface area contributed by atoms with Crippen LogP contribution < -0.4 is 11.1 Å². The maximum Gasteiger partial charge on any atom is 0.337 e. The lowest BCUT2D eigenvalue weighted by Gasteiger charge is -2.10. The molecule has 0 aliphatic rings. The lowest BCUT2D eigenvalue weighted by Crippen LogP contribution is -2.13. The van der Waals surface area contributed by atoms with Gasteiger partial charge in [0.2, 0.25) is 0 Å². The molecule has 5 nitrogen and oxygen atoms in total. The molecule has 0 aliphatic carbocycles. The number of hydrogen-bond acceptors (Lipinski definition) is 4. The Morgan fingerprint density at radius 3 is 2.89 bits per heavy atom. The zero-order chi connectivity index (χ0) is 13.4. The predicted octanol–water partition coefficient (Wildman–Crippen LogP) is 2.20. The summed E-state index contributed by atoms with van der Waals surface area (Å²) in [6.07, 6.45) is 2.14. The van der Waals surface area contributed by atoms with Crippen molar-refractivity contribution in [1.82, 2.24) is 0 Å². The van der Waals surface area contributed by atoms with Crippen molar-refractivity contribution >= 4 is 17.3 Å². The lowest BCUT2D eigenvalue weighted by molar-refractivity contribution is 0.0698. The van der Waals surface area contributed by atoms with Gasteiger partial charge >= 0.3 is 5.97 Å². The minimum Gasteiger partial charge on any atom is -0.478 e. The van der Waals surface area contributed by atoms with E-state index in [1.807, 2.05) is 0 Å². The van der Waals surface area contributed by atoms with Crippen LogP contribution in [0.4, 0.5) is 11.4 Å². The highest BCUT2D eigenvalue weighted by Crippen LogP contribution is 2.18. The van der Waals surface area contributed by atoms with Crippen LogP contribution in [-0.4, -0.2) is 30.8 Å². The summed E-state index contributed by atoms with van der Waals surface area (Å²) in [4.78, 5) is 11.0. The lowest BCUT2D eigenvalue weighted by atomic mass is 10.1. The molecular weight excluding hydrogens is 232 g/mol. The van der Waals surface area contributed by atoms with Crippen LogP contribution in [0.1, 0.15) is 30.1 Å². The summed E-state index contributed by atoms with van der Waals surface area (Å²) in [5, 5.41) is 12.0. The molecule has 0 aromatic heterocycles. The quantitative estimate of drug-likeness (QED) is 0.488. The van der Waals surface area contributed by atoms with Crippen molar-refractivity contribution in [2.45, 2.75) is 19.8 Å². The fourth-order valence-electron chi connectivity index (χ4n) is 1.50. The van der Waals surface area contributed by atoms with E-state index in [9.17, 15) is 4.79 Å². The SMILES string of the molecule is CCCCOCCNc1cc(N)ccc1C(=O)O. The first-order valence-corrected chi connectivity index (χ1v) is 6.09. The highest BCUT2D eigenvalue weighted by molar-refractivity contribution is 5.95. The molecule has 4 N–H and O–H groups in total. The number of nitrogens with one attached hydrogen (secondary N) is 1. The Labute approximate surface area is 107 Å². The van der Waals surface area contributed by atoms with E-state index >= 15 is 0 Å². The van der Waals surface area contributed by atoms with Crippen molar-refractivity contribution in [3.8, 4) is 0 Å². The van der Waals surface area contributed by atoms with Crippen LogP contribution in [0, 0.1) is 0 Å². The number of unbranched alkanes of at least 4 members (excludes halogenated alkanes) is 1. The highest BCUT2D eigenvalue weighted by atomic mass is 16.5. The molecule has 0 amide bonds. The number of aromatic carboxylic acids is 1. The van der Waals surface area contributed by atoms with E-state index in [1.54, 1.807) is 12.1 Å². The molecule has 0 saturated carbocycles. The van der Waals surface area contributed by atoms with Crippen molar-refractivity contribution in [3.63, 3.8) is 0 Å². The van der Waals surface area contributed by atoms with Gasteiger partial charge in [-0.15, -0.1) is 0 Å². The first-order valence-electron chi connectivity index (χ1n) is 6.09. The topological polar surface area (TPSA) is 84.6 Å². The number of carboxylic acids is 1. The molecule has 0 fully saturated rings. The number of carboxylic acid groups (broad SMARTS) is 1. The molecule has 5 heteroatoms. The van der Waals surface area contributed by atoms with E-state index in [-0.39, 0.29) is 5.56 Å². The highest BCUT2D eigenvalue weighted by Gasteiger charge is 2.09. The van der Waals surface area contributed by atoms with E-state index in [4.69, 9.17) is 15.6 Å². The third-order valence-corrected chi connectivity index (χ3v) is 2.48. The Kier molecular flexibility index (Phi) is 6.00. The van der Waals surface area contributed by atoms with Crippen molar-refractivity contribution in [1.29, 1.82) is 0 Å². The van der Waals surface area contributed by atoms with Gasteiger partial charge in [-0.2, -0.15) is 0 Å². The fourth-order valence-corrected chi connectivity index (χ4v) is 1.50. The number of hydrogen-bond donors (Lipinski definition) is 3. The van der Waals surface area contributed by atoms with Crippen LogP contribution in [0.2, 0.25) is 0 Å². The normalized spacial score (nSPS) is 10.3. The number of rotatable bonds is 8. The number of nitrogen functional groups attached to an aromatic ring is 1. The first kappa shape index (κ1) is 14.3. The molecule has 0 radical (unpaired) electrons. The predicted molar refractivity (Wildman–Crippen MR) is 72.0 cm³/mol. The summed E-state index contributed by atoms with van der Waals surface area (Å²) >= 11 is 0. The summed E-state index contributed by atoms with van der Waals surface area (Å²) in [6, 6.07) is 4.69. The molecule has 1 aromatic rings. The molecule has 0 saturated heterocycles. The van der Waals surface area contributed by atoms with Crippen molar-refractivity contribution in [3.05, 3.63) is 23.8 Å². The Morgan fingerprint density at radius 1 is 1.44 bits per heavy atom. The average Bonchev–Trinajstić information content (AvgIpc) is 2.33. The summed E-state index contributed by atoms with van der Waals surface area (Å²) in [5.74, 6) is -0.968. The van der Waals surface area contributed by atoms with E-state index < -0.39 is 5.97 Å². The van der Waals surface area contributed by atoms with Gasteiger partial charge in [0.05, 0.1) is 17.9 Å². The van der Waals surface area contributed by atoms with Gasteiger partial charge in [-0.05, 0) is 24.6 Å². The number of carbonyl (C=O) groups is 1. The summed E-state index contributed by atoms with van der Waals surface area (Å²) in [5.41, 5.74) is 6.92. The summed E-state index contributed by atoms with van der Waals surface area (Å²) in [7, 11) is 0. The van der Waals surface area contributed by atoms with Crippen LogP contribution in [0.3, 0.4) is 0 Å². The van der Waals surface area contributed by atoms with Gasteiger partial charge in [-0.1, -0.05) is 13.3 Å². The summed E-state index contributed by atoms with van der Waals surface area (Å²) in [6.45, 7) is 3.95. The van der Waals surface area contributed by atoms with E-state index in [0.717, 1.165) is 19.4 Å². The zero-order valence-corrected chi connectivity index (χ0v) is 10.6. The Bertz CT molecular complexity index is 394. The smallest absolute Gasteiger partial charge is 0.337 e. The van der Waals surface area contributed by atoms with Crippen LogP contribution >= 0.6 is 0 Å². The minimum atomic E-state index is -0.968.